The van der Waals surface area contributed by atoms with E-state index in [4.69, 9.17) is 9.47 Å². The lowest BCUT2D eigenvalue weighted by atomic mass is 10.2. The summed E-state index contributed by atoms with van der Waals surface area (Å²) in [6, 6.07) is 7.06. The number of amides is 1. The van der Waals surface area contributed by atoms with Gasteiger partial charge in [0.15, 0.2) is 0 Å². The molecule has 0 unspecified atom stereocenters. The Morgan fingerprint density at radius 1 is 1.08 bits per heavy atom. The number of nitrogens with zero attached hydrogens (tertiary/aromatic N) is 1. The Labute approximate surface area is 224 Å². The zero-order chi connectivity index (χ0) is 28.8. The van der Waals surface area contributed by atoms with Gasteiger partial charge in [0, 0.05) is 11.7 Å². The minimum atomic E-state index is -4.79. The number of alkyl halides is 3. The van der Waals surface area contributed by atoms with E-state index >= 15 is 0 Å². The third-order valence-electron chi connectivity index (χ3n) is 5.61. The molecule has 1 atom stereocenters. The fraction of sp³-hybridized carbons (Fsp3) is 0.458. The number of hydrogen-bond donors (Lipinski definition) is 2. The van der Waals surface area contributed by atoms with E-state index in [0.29, 0.717) is 18.9 Å². The number of nitrogens with one attached hydrogen (secondary N) is 2. The molecule has 0 radical (unpaired) electrons. The van der Waals surface area contributed by atoms with Crippen LogP contribution in [0.3, 0.4) is 0 Å². The van der Waals surface area contributed by atoms with Gasteiger partial charge in [-0.25, -0.2) is 26.4 Å². The van der Waals surface area contributed by atoms with Gasteiger partial charge in [0.2, 0.25) is 10.0 Å². The van der Waals surface area contributed by atoms with Crippen molar-refractivity contribution in [2.24, 2.45) is 0 Å². The van der Waals surface area contributed by atoms with Gasteiger partial charge >= 0.3 is 12.3 Å². The summed E-state index contributed by atoms with van der Waals surface area (Å²) in [4.78, 5) is 11.6. The Bertz CT molecular complexity index is 1470. The Morgan fingerprint density at radius 2 is 1.77 bits per heavy atom. The molecule has 214 valence electrons. The molecule has 15 heteroatoms. The van der Waals surface area contributed by atoms with E-state index in [-0.39, 0.29) is 23.2 Å². The molecule has 10 nitrogen and oxygen atoms in total. The quantitative estimate of drug-likeness (QED) is 0.496. The topological polar surface area (TPSA) is 131 Å². The van der Waals surface area contributed by atoms with Crippen LogP contribution in [0.25, 0.3) is 0 Å². The van der Waals surface area contributed by atoms with Crippen LogP contribution in [0.5, 0.6) is 5.75 Å². The van der Waals surface area contributed by atoms with Crippen LogP contribution in [-0.4, -0.2) is 53.0 Å². The summed E-state index contributed by atoms with van der Waals surface area (Å²) in [6.45, 7) is 4.46. The molecule has 1 aliphatic heterocycles. The molecule has 1 aliphatic carbocycles. The lowest BCUT2D eigenvalue weighted by Crippen LogP contribution is -2.48. The van der Waals surface area contributed by atoms with Crippen molar-refractivity contribution in [3.05, 3.63) is 48.0 Å². The molecule has 1 amide bonds. The van der Waals surface area contributed by atoms with Crippen LogP contribution < -0.4 is 19.1 Å². The summed E-state index contributed by atoms with van der Waals surface area (Å²) < 4.78 is 107. The highest BCUT2D eigenvalue weighted by Gasteiger charge is 2.39. The van der Waals surface area contributed by atoms with Crippen LogP contribution in [0.4, 0.5) is 29.3 Å². The number of sulfonamides is 2. The lowest BCUT2D eigenvalue weighted by molar-refractivity contribution is -0.137. The maximum absolute atomic E-state index is 13.7. The number of hydrogen-bond acceptors (Lipinski definition) is 7. The first-order valence-corrected chi connectivity index (χ1v) is 15.0. The minimum Gasteiger partial charge on any atom is -0.485 e. The van der Waals surface area contributed by atoms with E-state index in [1.54, 1.807) is 20.8 Å². The van der Waals surface area contributed by atoms with Crippen molar-refractivity contribution in [3.8, 4) is 5.75 Å². The van der Waals surface area contributed by atoms with Crippen molar-refractivity contribution >= 4 is 37.5 Å². The first-order chi connectivity index (χ1) is 17.9. The molecule has 2 N–H and O–H groups in total. The smallest absolute Gasteiger partial charge is 0.416 e. The zero-order valence-electron chi connectivity index (χ0n) is 21.3. The fourth-order valence-corrected chi connectivity index (χ4v) is 6.88. The molecule has 1 heterocycles. The first-order valence-electron chi connectivity index (χ1n) is 11.9. The number of rotatable bonds is 7. The zero-order valence-corrected chi connectivity index (χ0v) is 22.9. The number of anilines is 2. The van der Waals surface area contributed by atoms with Crippen LogP contribution >= 0.6 is 0 Å². The van der Waals surface area contributed by atoms with Crippen molar-refractivity contribution in [1.82, 2.24) is 4.72 Å². The molecule has 39 heavy (non-hydrogen) atoms. The van der Waals surface area contributed by atoms with Gasteiger partial charge in [0.05, 0.1) is 22.7 Å². The van der Waals surface area contributed by atoms with Gasteiger partial charge < -0.3 is 9.47 Å². The molecule has 1 saturated carbocycles. The van der Waals surface area contributed by atoms with Crippen molar-refractivity contribution in [3.63, 3.8) is 0 Å². The van der Waals surface area contributed by atoms with Gasteiger partial charge in [-0.1, -0.05) is 6.07 Å². The van der Waals surface area contributed by atoms with Gasteiger partial charge in [-0.2, -0.15) is 13.2 Å². The van der Waals surface area contributed by atoms with E-state index in [0.717, 1.165) is 22.5 Å². The SMILES string of the molecule is CC(C)(C)OC(=O)Nc1ccc2c(c1)N(S(=O)(=O)c1cccc(C(F)(F)F)c1)C[C@H](CS(=O)(=O)NC1CC1)O2. The van der Waals surface area contributed by atoms with Gasteiger partial charge in [0.25, 0.3) is 10.0 Å². The van der Waals surface area contributed by atoms with Crippen molar-refractivity contribution in [2.75, 3.05) is 21.9 Å². The van der Waals surface area contributed by atoms with E-state index < -0.39 is 66.8 Å². The molecular weight excluding hydrogens is 563 g/mol. The average molecular weight is 592 g/mol. The lowest BCUT2D eigenvalue weighted by Gasteiger charge is -2.35. The number of carbonyl (C=O) groups excluding carboxylic acids is 1. The predicted molar refractivity (Wildman–Crippen MR) is 137 cm³/mol. The van der Waals surface area contributed by atoms with Crippen LogP contribution in [0.1, 0.15) is 39.2 Å². The van der Waals surface area contributed by atoms with Crippen LogP contribution in [0.2, 0.25) is 0 Å². The van der Waals surface area contributed by atoms with Crippen LogP contribution in [0, 0.1) is 0 Å². The number of ether oxygens (including phenoxy) is 2. The normalized spacial score (nSPS) is 18.2. The second-order valence-electron chi connectivity index (χ2n) is 10.3. The Hall–Kier alpha value is -3.04. The molecule has 2 aliphatic rings. The summed E-state index contributed by atoms with van der Waals surface area (Å²) in [5.74, 6) is -0.603. The molecule has 0 saturated heterocycles. The van der Waals surface area contributed by atoms with Gasteiger partial charge in [-0.3, -0.25) is 9.62 Å². The molecule has 0 aromatic heterocycles. The standard InChI is InChI=1S/C24H28F3N3O7S2/c1-23(2,3)37-22(31)28-17-9-10-21-20(12-17)30(13-18(36-21)14-38(32,33)29-16-7-8-16)39(34,35)19-6-4-5-15(11-19)24(25,26)27/h4-6,9-12,16,18,29H,7-8,13-14H2,1-3H3,(H,28,31)/t18-/m1/s1. The minimum absolute atomic E-state index is 0.0295. The largest absolute Gasteiger partial charge is 0.485 e. The number of halogens is 3. The van der Waals surface area contributed by atoms with Crippen molar-refractivity contribution in [2.45, 2.75) is 62.4 Å². The van der Waals surface area contributed by atoms with E-state index in [2.05, 4.69) is 10.0 Å². The maximum atomic E-state index is 13.7. The Balaban J connectivity index is 1.71. The van der Waals surface area contributed by atoms with Crippen molar-refractivity contribution < 1.29 is 44.3 Å². The molecular formula is C24H28F3N3O7S2. The van der Waals surface area contributed by atoms with Crippen LogP contribution in [-0.2, 0) is 31.0 Å². The highest BCUT2D eigenvalue weighted by Crippen LogP contribution is 2.40. The predicted octanol–water partition coefficient (Wildman–Crippen LogP) is 4.09. The Kier molecular flexibility index (Phi) is 7.55. The van der Waals surface area contributed by atoms with Crippen LogP contribution in [0.15, 0.2) is 47.4 Å². The highest BCUT2D eigenvalue weighted by molar-refractivity contribution is 7.93. The summed E-state index contributed by atoms with van der Waals surface area (Å²) >= 11 is 0. The summed E-state index contributed by atoms with van der Waals surface area (Å²) in [6.07, 6.45) is -5.39. The van der Waals surface area contributed by atoms with E-state index in [1.807, 2.05) is 0 Å². The van der Waals surface area contributed by atoms with E-state index in [1.165, 1.54) is 18.2 Å². The molecule has 2 aromatic carbocycles. The molecule has 2 aromatic rings. The first kappa shape index (κ1) is 29.0. The monoisotopic (exact) mass is 591 g/mol. The van der Waals surface area contributed by atoms with Gasteiger partial charge in [-0.05, 0) is 70.0 Å². The second kappa shape index (κ2) is 10.2. The van der Waals surface area contributed by atoms with Gasteiger partial charge in [-0.15, -0.1) is 0 Å². The number of fused-ring (bicyclic) bond motifs is 1. The summed E-state index contributed by atoms with van der Waals surface area (Å²) in [5.41, 5.74) is -1.94. The maximum Gasteiger partial charge on any atom is 0.416 e. The average Bonchev–Trinajstić information content (AvgIpc) is 3.60. The number of carbonyl (C=O) groups is 1. The second-order valence-corrected chi connectivity index (χ2v) is 13.9. The summed E-state index contributed by atoms with van der Waals surface area (Å²) in [7, 11) is -8.48. The number of benzene rings is 2. The molecule has 0 bridgehead atoms. The third-order valence-corrected chi connectivity index (χ3v) is 8.89. The highest BCUT2D eigenvalue weighted by atomic mass is 32.2. The van der Waals surface area contributed by atoms with E-state index in [9.17, 15) is 34.8 Å². The Morgan fingerprint density at radius 3 is 2.38 bits per heavy atom. The van der Waals surface area contributed by atoms with Crippen molar-refractivity contribution in [1.29, 1.82) is 0 Å². The third kappa shape index (κ3) is 7.33. The summed E-state index contributed by atoms with van der Waals surface area (Å²) in [5, 5.41) is 2.47. The molecule has 4 rings (SSSR count). The fourth-order valence-electron chi connectivity index (χ4n) is 3.83. The molecule has 0 spiro atoms. The molecule has 1 fully saturated rings. The van der Waals surface area contributed by atoms with Gasteiger partial charge in [0.1, 0.15) is 23.2 Å².